The molecule has 0 radical (unpaired) electrons. The molecule has 2 nitrogen and oxygen atoms in total. The largest absolute Gasteiger partial charge is 0.431 e. The predicted octanol–water partition coefficient (Wildman–Crippen LogP) is 3.41. The summed E-state index contributed by atoms with van der Waals surface area (Å²) in [6.45, 7) is 5.88. The lowest BCUT2D eigenvalue weighted by Gasteiger charge is -2.21. The number of thiocarbonyl (C=S) groups is 1. The second-order valence-corrected chi connectivity index (χ2v) is 4.39. The smallest absolute Gasteiger partial charge is 0.264 e. The van der Waals surface area contributed by atoms with Gasteiger partial charge in [-0.1, -0.05) is 12.1 Å². The second kappa shape index (κ2) is 6.76. The van der Waals surface area contributed by atoms with Crippen LogP contribution in [0.25, 0.3) is 0 Å². The summed E-state index contributed by atoms with van der Waals surface area (Å²) in [7, 11) is 0. The molecule has 0 unspecified atom stereocenters. The van der Waals surface area contributed by atoms with Crippen molar-refractivity contribution >= 4 is 29.2 Å². The maximum absolute atomic E-state index is 5.72. The van der Waals surface area contributed by atoms with Crippen LogP contribution in [0, 0.1) is 0 Å². The van der Waals surface area contributed by atoms with Crippen molar-refractivity contribution in [3.63, 3.8) is 0 Å². The Labute approximate surface area is 107 Å². The van der Waals surface area contributed by atoms with Gasteiger partial charge >= 0.3 is 0 Å². The van der Waals surface area contributed by atoms with E-state index in [0.29, 0.717) is 5.17 Å². The Morgan fingerprint density at radius 3 is 2.50 bits per heavy atom. The van der Waals surface area contributed by atoms with Gasteiger partial charge in [-0.15, -0.1) is 11.8 Å². The maximum atomic E-state index is 5.72. The van der Waals surface area contributed by atoms with E-state index in [0.717, 1.165) is 23.7 Å². The summed E-state index contributed by atoms with van der Waals surface area (Å²) in [4.78, 5) is 3.13. The zero-order valence-corrected chi connectivity index (χ0v) is 11.5. The number of hydrogen-bond acceptors (Lipinski definition) is 3. The van der Waals surface area contributed by atoms with Gasteiger partial charge in [0.1, 0.15) is 5.75 Å². The van der Waals surface area contributed by atoms with E-state index in [2.05, 4.69) is 13.8 Å². The Kier molecular flexibility index (Phi) is 5.63. The second-order valence-electron chi connectivity index (χ2n) is 3.19. The average molecular weight is 255 g/mol. The highest BCUT2D eigenvalue weighted by Gasteiger charge is 2.09. The molecule has 0 fully saturated rings. The molecule has 0 saturated heterocycles. The number of hydrogen-bond donors (Lipinski definition) is 0. The third-order valence-electron chi connectivity index (χ3n) is 2.29. The van der Waals surface area contributed by atoms with Gasteiger partial charge in [-0.2, -0.15) is 0 Å². The van der Waals surface area contributed by atoms with Gasteiger partial charge in [-0.05, 0) is 44.5 Å². The van der Waals surface area contributed by atoms with Crippen molar-refractivity contribution in [2.45, 2.75) is 18.7 Å². The van der Waals surface area contributed by atoms with Gasteiger partial charge in [0, 0.05) is 18.0 Å². The topological polar surface area (TPSA) is 12.5 Å². The van der Waals surface area contributed by atoms with Crippen molar-refractivity contribution in [2.24, 2.45) is 0 Å². The van der Waals surface area contributed by atoms with Crippen LogP contribution >= 0.6 is 24.0 Å². The van der Waals surface area contributed by atoms with Crippen molar-refractivity contribution in [1.29, 1.82) is 0 Å². The maximum Gasteiger partial charge on any atom is 0.264 e. The molecule has 0 bridgehead atoms. The summed E-state index contributed by atoms with van der Waals surface area (Å²) in [5.74, 6) is 0.840. The van der Waals surface area contributed by atoms with Crippen LogP contribution in [0.3, 0.4) is 0 Å². The summed E-state index contributed by atoms with van der Waals surface area (Å²) in [6.07, 6.45) is 2.03. The molecule has 0 atom stereocenters. The number of nitrogens with zero attached hydrogens (tertiary/aromatic N) is 1. The van der Waals surface area contributed by atoms with Crippen LogP contribution < -0.4 is 4.74 Å². The molecule has 0 heterocycles. The first-order valence-corrected chi connectivity index (χ1v) is 6.96. The van der Waals surface area contributed by atoms with E-state index < -0.39 is 0 Å². The quantitative estimate of drug-likeness (QED) is 0.603. The van der Waals surface area contributed by atoms with Crippen LogP contribution in [0.5, 0.6) is 5.75 Å². The Balaban J connectivity index is 2.76. The first kappa shape index (κ1) is 13.3. The third-order valence-corrected chi connectivity index (χ3v) is 3.41. The monoisotopic (exact) mass is 255 g/mol. The molecule has 0 aromatic heterocycles. The Hall–Kier alpha value is -0.740. The molecule has 0 aliphatic rings. The minimum Gasteiger partial charge on any atom is -0.431 e. The van der Waals surface area contributed by atoms with Gasteiger partial charge in [0.2, 0.25) is 0 Å². The molecule has 4 heteroatoms. The molecule has 88 valence electrons. The lowest BCUT2D eigenvalue weighted by Crippen LogP contribution is -2.32. The van der Waals surface area contributed by atoms with Crippen LogP contribution in [-0.2, 0) is 0 Å². The zero-order chi connectivity index (χ0) is 12.0. The molecule has 0 spiro atoms. The van der Waals surface area contributed by atoms with Crippen molar-refractivity contribution in [3.8, 4) is 5.75 Å². The summed E-state index contributed by atoms with van der Waals surface area (Å²) in [5.41, 5.74) is 0. The molecule has 0 amide bonds. The van der Waals surface area contributed by atoms with Crippen molar-refractivity contribution in [3.05, 3.63) is 24.3 Å². The normalized spacial score (nSPS) is 9.94. The molecule has 0 N–H and O–H groups in total. The minimum atomic E-state index is 0.548. The lowest BCUT2D eigenvalue weighted by atomic mass is 10.3. The number of ether oxygens (including phenoxy) is 1. The number of benzene rings is 1. The van der Waals surface area contributed by atoms with E-state index >= 15 is 0 Å². The summed E-state index contributed by atoms with van der Waals surface area (Å²) < 4.78 is 5.72. The van der Waals surface area contributed by atoms with E-state index in [1.807, 2.05) is 35.4 Å². The highest BCUT2D eigenvalue weighted by atomic mass is 32.2. The third kappa shape index (κ3) is 3.39. The van der Waals surface area contributed by atoms with E-state index in [9.17, 15) is 0 Å². The zero-order valence-electron chi connectivity index (χ0n) is 9.90. The number of thioether (sulfide) groups is 1. The fourth-order valence-corrected chi connectivity index (χ4v) is 2.22. The first-order valence-electron chi connectivity index (χ1n) is 5.32. The lowest BCUT2D eigenvalue weighted by molar-refractivity contribution is 0.375. The minimum absolute atomic E-state index is 0.548. The molecule has 0 saturated carbocycles. The molecule has 0 aliphatic carbocycles. The van der Waals surface area contributed by atoms with Gasteiger partial charge in [0.25, 0.3) is 5.17 Å². The molecule has 1 aromatic carbocycles. The Morgan fingerprint density at radius 1 is 1.31 bits per heavy atom. The van der Waals surface area contributed by atoms with Crippen molar-refractivity contribution in [1.82, 2.24) is 4.90 Å². The van der Waals surface area contributed by atoms with E-state index in [1.54, 1.807) is 11.8 Å². The molecule has 1 rings (SSSR count). The van der Waals surface area contributed by atoms with Gasteiger partial charge < -0.3 is 9.64 Å². The number of rotatable bonds is 4. The van der Waals surface area contributed by atoms with Gasteiger partial charge in [0.05, 0.1) is 0 Å². The van der Waals surface area contributed by atoms with E-state index in [4.69, 9.17) is 17.0 Å². The molecular weight excluding hydrogens is 238 g/mol. The highest BCUT2D eigenvalue weighted by Crippen LogP contribution is 2.27. The Morgan fingerprint density at radius 2 is 1.94 bits per heavy atom. The molecule has 1 aromatic rings. The predicted molar refractivity (Wildman–Crippen MR) is 74.4 cm³/mol. The molecule has 16 heavy (non-hydrogen) atoms. The van der Waals surface area contributed by atoms with Crippen molar-refractivity contribution in [2.75, 3.05) is 19.3 Å². The van der Waals surface area contributed by atoms with Crippen LogP contribution in [0.2, 0.25) is 0 Å². The molecule has 0 aliphatic heterocycles. The summed E-state index contributed by atoms with van der Waals surface area (Å²) >= 11 is 6.92. The average Bonchev–Trinajstić information content (AvgIpc) is 2.31. The van der Waals surface area contributed by atoms with Gasteiger partial charge in [-0.25, -0.2) is 0 Å². The molecular formula is C12H17NOS2. The van der Waals surface area contributed by atoms with Crippen LogP contribution in [-0.4, -0.2) is 29.4 Å². The van der Waals surface area contributed by atoms with Crippen molar-refractivity contribution < 1.29 is 4.74 Å². The number of para-hydroxylation sites is 1. The Bertz CT molecular complexity index is 351. The van der Waals surface area contributed by atoms with E-state index in [1.165, 1.54) is 0 Å². The van der Waals surface area contributed by atoms with Gasteiger partial charge in [0.15, 0.2) is 0 Å². The SMILES string of the molecule is CCN(CC)C(=S)Oc1ccccc1SC. The fourth-order valence-electron chi connectivity index (χ4n) is 1.34. The van der Waals surface area contributed by atoms with Gasteiger partial charge in [-0.3, -0.25) is 0 Å². The van der Waals surface area contributed by atoms with Crippen LogP contribution in [0.15, 0.2) is 29.2 Å². The van der Waals surface area contributed by atoms with E-state index in [-0.39, 0.29) is 0 Å². The van der Waals surface area contributed by atoms with Crippen LogP contribution in [0.4, 0.5) is 0 Å². The highest BCUT2D eigenvalue weighted by molar-refractivity contribution is 7.98. The fraction of sp³-hybridized carbons (Fsp3) is 0.417. The standard InChI is InChI=1S/C12H17NOS2/c1-4-13(5-2)12(15)14-10-8-6-7-9-11(10)16-3/h6-9H,4-5H2,1-3H3. The summed E-state index contributed by atoms with van der Waals surface area (Å²) in [6, 6.07) is 7.94. The first-order chi connectivity index (χ1) is 7.72. The summed E-state index contributed by atoms with van der Waals surface area (Å²) in [5, 5.41) is 0.548. The van der Waals surface area contributed by atoms with Crippen LogP contribution in [0.1, 0.15) is 13.8 Å².